The number of nitrogens with zero attached hydrogens (tertiary/aromatic N) is 1. The first-order valence-corrected chi connectivity index (χ1v) is 6.21. The molecule has 2 atom stereocenters. The fraction of sp³-hybridized carbons (Fsp3) is 0.750. The Hall–Kier alpha value is -1.79. The summed E-state index contributed by atoms with van der Waals surface area (Å²) in [5.74, 6) is -1.02. The summed E-state index contributed by atoms with van der Waals surface area (Å²) in [5.41, 5.74) is 0. The lowest BCUT2D eigenvalue weighted by atomic mass is 10.3. The Morgan fingerprint density at radius 1 is 1.05 bits per heavy atom. The fourth-order valence-corrected chi connectivity index (χ4v) is 1.21. The van der Waals surface area contributed by atoms with E-state index in [1.54, 1.807) is 20.8 Å². The normalized spacial score (nSPS) is 13.1. The van der Waals surface area contributed by atoms with Crippen molar-refractivity contribution in [3.63, 3.8) is 0 Å². The highest BCUT2D eigenvalue weighted by Gasteiger charge is 2.26. The number of ether oxygens (including phenoxy) is 2. The van der Waals surface area contributed by atoms with Crippen molar-refractivity contribution < 1.29 is 23.9 Å². The molecule has 0 aliphatic rings. The van der Waals surface area contributed by atoms with Crippen LogP contribution in [0.3, 0.4) is 0 Å². The maximum Gasteiger partial charge on any atom is 0.328 e. The van der Waals surface area contributed by atoms with Gasteiger partial charge < -0.3 is 19.7 Å². The summed E-state index contributed by atoms with van der Waals surface area (Å²) in [4.78, 5) is 35.8. The van der Waals surface area contributed by atoms with Crippen molar-refractivity contribution in [3.05, 3.63) is 0 Å². The van der Waals surface area contributed by atoms with Crippen molar-refractivity contribution in [2.24, 2.45) is 0 Å². The average molecular weight is 274 g/mol. The Bertz CT molecular complexity index is 332. The van der Waals surface area contributed by atoms with Crippen LogP contribution in [-0.2, 0) is 19.1 Å². The molecule has 110 valence electrons. The van der Waals surface area contributed by atoms with Gasteiger partial charge in [-0.25, -0.2) is 14.4 Å². The molecule has 0 aromatic carbocycles. The van der Waals surface area contributed by atoms with Gasteiger partial charge in [-0.05, 0) is 27.7 Å². The summed E-state index contributed by atoms with van der Waals surface area (Å²) in [6.07, 6.45) is 0. The number of carbonyl (C=O) groups is 3. The van der Waals surface area contributed by atoms with E-state index in [9.17, 15) is 14.4 Å². The molecule has 0 aromatic rings. The summed E-state index contributed by atoms with van der Waals surface area (Å²) in [6.45, 7) is 6.92. The van der Waals surface area contributed by atoms with Crippen molar-refractivity contribution in [1.82, 2.24) is 10.2 Å². The molecule has 0 fully saturated rings. The van der Waals surface area contributed by atoms with E-state index in [4.69, 9.17) is 9.47 Å². The SMILES string of the molecule is CCOC(=O)C(C)NC(=O)N(C)C(C)C(=O)OCC. The quantitative estimate of drug-likeness (QED) is 0.714. The van der Waals surface area contributed by atoms with Gasteiger partial charge >= 0.3 is 18.0 Å². The van der Waals surface area contributed by atoms with Crippen LogP contribution in [0, 0.1) is 0 Å². The van der Waals surface area contributed by atoms with Crippen LogP contribution in [0.2, 0.25) is 0 Å². The molecule has 0 saturated carbocycles. The van der Waals surface area contributed by atoms with Crippen LogP contribution in [-0.4, -0.2) is 55.2 Å². The highest BCUT2D eigenvalue weighted by molar-refractivity contribution is 5.86. The van der Waals surface area contributed by atoms with Crippen LogP contribution in [0.15, 0.2) is 0 Å². The molecule has 2 unspecified atom stereocenters. The van der Waals surface area contributed by atoms with E-state index in [1.165, 1.54) is 18.9 Å². The largest absolute Gasteiger partial charge is 0.464 e. The fourth-order valence-electron chi connectivity index (χ4n) is 1.21. The molecule has 19 heavy (non-hydrogen) atoms. The first-order valence-electron chi connectivity index (χ1n) is 6.21. The maximum atomic E-state index is 11.8. The molecule has 0 saturated heterocycles. The number of amides is 2. The Morgan fingerprint density at radius 2 is 1.53 bits per heavy atom. The molecule has 7 heteroatoms. The van der Waals surface area contributed by atoms with Gasteiger partial charge in [0.1, 0.15) is 12.1 Å². The number of urea groups is 1. The van der Waals surface area contributed by atoms with Crippen LogP contribution in [0.1, 0.15) is 27.7 Å². The minimum atomic E-state index is -0.774. The van der Waals surface area contributed by atoms with Crippen molar-refractivity contribution in [1.29, 1.82) is 0 Å². The van der Waals surface area contributed by atoms with Gasteiger partial charge in [0.05, 0.1) is 13.2 Å². The molecule has 0 aliphatic heterocycles. The summed E-state index contributed by atoms with van der Waals surface area (Å²) in [7, 11) is 1.45. The van der Waals surface area contributed by atoms with Crippen molar-refractivity contribution in [2.75, 3.05) is 20.3 Å². The van der Waals surface area contributed by atoms with Crippen molar-refractivity contribution in [2.45, 2.75) is 39.8 Å². The predicted molar refractivity (Wildman–Crippen MR) is 68.5 cm³/mol. The number of esters is 2. The lowest BCUT2D eigenvalue weighted by Gasteiger charge is -2.25. The molecule has 2 amide bonds. The zero-order valence-corrected chi connectivity index (χ0v) is 12.1. The predicted octanol–water partition coefficient (Wildman–Crippen LogP) is 0.531. The third kappa shape index (κ3) is 5.58. The Labute approximate surface area is 113 Å². The van der Waals surface area contributed by atoms with Crippen LogP contribution >= 0.6 is 0 Å². The zero-order valence-electron chi connectivity index (χ0n) is 12.1. The molecular weight excluding hydrogens is 252 g/mol. The third-order valence-corrected chi connectivity index (χ3v) is 2.51. The average Bonchev–Trinajstić information content (AvgIpc) is 2.37. The minimum Gasteiger partial charge on any atom is -0.464 e. The topological polar surface area (TPSA) is 84.9 Å². The van der Waals surface area contributed by atoms with Gasteiger partial charge in [-0.2, -0.15) is 0 Å². The zero-order chi connectivity index (χ0) is 15.0. The first kappa shape index (κ1) is 17.2. The van der Waals surface area contributed by atoms with E-state index in [2.05, 4.69) is 5.32 Å². The number of likely N-dealkylation sites (N-methyl/N-ethyl adjacent to an activating group) is 1. The van der Waals surface area contributed by atoms with Crippen LogP contribution in [0.4, 0.5) is 4.79 Å². The molecule has 0 heterocycles. The first-order chi connectivity index (χ1) is 8.84. The lowest BCUT2D eigenvalue weighted by Crippen LogP contribution is -2.50. The Morgan fingerprint density at radius 3 is 2.00 bits per heavy atom. The molecule has 0 aromatic heterocycles. The molecule has 0 aliphatic carbocycles. The summed E-state index contributed by atoms with van der Waals surface area (Å²) in [6, 6.07) is -2.04. The van der Waals surface area contributed by atoms with Gasteiger partial charge in [-0.1, -0.05) is 0 Å². The van der Waals surface area contributed by atoms with Crippen LogP contribution in [0.5, 0.6) is 0 Å². The summed E-state index contributed by atoms with van der Waals surface area (Å²) in [5, 5.41) is 2.45. The lowest BCUT2D eigenvalue weighted by molar-refractivity contribution is -0.147. The minimum absolute atomic E-state index is 0.244. The van der Waals surface area contributed by atoms with Gasteiger partial charge in [0, 0.05) is 7.05 Å². The Kier molecular flexibility index (Phi) is 7.55. The van der Waals surface area contributed by atoms with Gasteiger partial charge in [0.15, 0.2) is 0 Å². The molecule has 1 N–H and O–H groups in total. The number of hydrogen-bond donors (Lipinski definition) is 1. The number of rotatable bonds is 6. The maximum absolute atomic E-state index is 11.8. The number of carbonyl (C=O) groups excluding carboxylic acids is 3. The molecule has 0 radical (unpaired) electrons. The molecule has 0 bridgehead atoms. The molecule has 7 nitrogen and oxygen atoms in total. The van der Waals surface area contributed by atoms with Crippen LogP contribution in [0.25, 0.3) is 0 Å². The van der Waals surface area contributed by atoms with E-state index in [1.807, 2.05) is 0 Å². The van der Waals surface area contributed by atoms with Crippen molar-refractivity contribution in [3.8, 4) is 0 Å². The van der Waals surface area contributed by atoms with Gasteiger partial charge in [-0.15, -0.1) is 0 Å². The van der Waals surface area contributed by atoms with E-state index in [0.29, 0.717) is 0 Å². The van der Waals surface area contributed by atoms with E-state index >= 15 is 0 Å². The molecular formula is C12H22N2O5. The Balaban J connectivity index is 4.41. The van der Waals surface area contributed by atoms with Crippen LogP contribution < -0.4 is 5.32 Å². The number of hydrogen-bond acceptors (Lipinski definition) is 5. The van der Waals surface area contributed by atoms with E-state index in [0.717, 1.165) is 0 Å². The van der Waals surface area contributed by atoms with E-state index < -0.39 is 30.1 Å². The number of nitrogens with one attached hydrogen (secondary N) is 1. The second-order valence-corrected chi connectivity index (χ2v) is 3.96. The second-order valence-electron chi connectivity index (χ2n) is 3.96. The van der Waals surface area contributed by atoms with Crippen molar-refractivity contribution >= 4 is 18.0 Å². The third-order valence-electron chi connectivity index (χ3n) is 2.51. The van der Waals surface area contributed by atoms with Gasteiger partial charge in [-0.3, -0.25) is 0 Å². The molecule has 0 spiro atoms. The standard InChI is InChI=1S/C12H22N2O5/c1-6-18-10(15)8(3)13-12(17)14(5)9(4)11(16)19-7-2/h8-9H,6-7H2,1-5H3,(H,13,17). The van der Waals surface area contributed by atoms with E-state index in [-0.39, 0.29) is 13.2 Å². The smallest absolute Gasteiger partial charge is 0.328 e. The van der Waals surface area contributed by atoms with Gasteiger partial charge in [0.2, 0.25) is 0 Å². The molecule has 0 rings (SSSR count). The highest BCUT2D eigenvalue weighted by atomic mass is 16.5. The summed E-state index contributed by atoms with van der Waals surface area (Å²) < 4.78 is 9.58. The summed E-state index contributed by atoms with van der Waals surface area (Å²) >= 11 is 0. The second kappa shape index (κ2) is 8.34. The van der Waals surface area contributed by atoms with Gasteiger partial charge in [0.25, 0.3) is 0 Å². The monoisotopic (exact) mass is 274 g/mol. The highest BCUT2D eigenvalue weighted by Crippen LogP contribution is 2.00.